The molecular formula is C10H14O3. The van der Waals surface area contributed by atoms with Gasteiger partial charge in [-0.05, 0) is 31.9 Å². The molecule has 0 N–H and O–H groups in total. The Morgan fingerprint density at radius 2 is 1.92 bits per heavy atom. The van der Waals surface area contributed by atoms with Crippen LogP contribution in [-0.2, 0) is 14.3 Å². The SMILES string of the molecule is CCOC(C#C/C=C/C=O)OCC. The largest absolute Gasteiger partial charge is 0.342 e. The van der Waals surface area contributed by atoms with Crippen molar-refractivity contribution in [3.8, 4) is 11.8 Å². The number of hydrogen-bond acceptors (Lipinski definition) is 3. The average Bonchev–Trinajstić information content (AvgIpc) is 2.13. The van der Waals surface area contributed by atoms with Crippen molar-refractivity contribution in [2.24, 2.45) is 0 Å². The van der Waals surface area contributed by atoms with E-state index in [-0.39, 0.29) is 0 Å². The lowest BCUT2D eigenvalue weighted by Crippen LogP contribution is -2.14. The van der Waals surface area contributed by atoms with Crippen molar-refractivity contribution < 1.29 is 14.3 Å². The molecule has 0 radical (unpaired) electrons. The Labute approximate surface area is 78.7 Å². The molecule has 0 aliphatic heterocycles. The fourth-order valence-electron chi connectivity index (χ4n) is 0.638. The van der Waals surface area contributed by atoms with E-state index in [4.69, 9.17) is 9.47 Å². The Hall–Kier alpha value is -1.11. The molecule has 0 spiro atoms. The van der Waals surface area contributed by atoms with Crippen LogP contribution in [0.5, 0.6) is 0 Å². The molecule has 3 nitrogen and oxygen atoms in total. The maximum absolute atomic E-state index is 9.88. The first-order chi connectivity index (χ1) is 6.35. The third-order valence-corrected chi connectivity index (χ3v) is 1.10. The average molecular weight is 182 g/mol. The zero-order valence-corrected chi connectivity index (χ0v) is 7.95. The van der Waals surface area contributed by atoms with E-state index in [1.54, 1.807) is 0 Å². The second-order valence-electron chi connectivity index (χ2n) is 2.03. The van der Waals surface area contributed by atoms with Crippen LogP contribution >= 0.6 is 0 Å². The van der Waals surface area contributed by atoms with Crippen molar-refractivity contribution >= 4 is 6.29 Å². The highest BCUT2D eigenvalue weighted by Gasteiger charge is 2.00. The standard InChI is InChI=1S/C10H14O3/c1-3-12-10(13-4-2)8-6-5-7-9-11/h5,7,9-10H,3-4H2,1-2H3/b7-5+. The van der Waals surface area contributed by atoms with Gasteiger partial charge < -0.3 is 9.47 Å². The summed E-state index contributed by atoms with van der Waals surface area (Å²) in [6.45, 7) is 4.84. The van der Waals surface area contributed by atoms with E-state index >= 15 is 0 Å². The molecule has 0 aromatic rings. The van der Waals surface area contributed by atoms with Gasteiger partial charge >= 0.3 is 0 Å². The molecule has 0 aromatic heterocycles. The number of ether oxygens (including phenoxy) is 2. The molecule has 3 heteroatoms. The Morgan fingerprint density at radius 3 is 2.38 bits per heavy atom. The zero-order valence-electron chi connectivity index (χ0n) is 7.95. The number of allylic oxidation sites excluding steroid dienone is 2. The van der Waals surface area contributed by atoms with E-state index in [0.717, 1.165) is 0 Å². The molecule has 0 unspecified atom stereocenters. The van der Waals surface area contributed by atoms with Gasteiger partial charge in [-0.1, -0.05) is 5.92 Å². The molecule has 0 aliphatic carbocycles. The van der Waals surface area contributed by atoms with E-state index in [1.165, 1.54) is 12.2 Å². The van der Waals surface area contributed by atoms with Crippen LogP contribution in [0.4, 0.5) is 0 Å². The minimum absolute atomic E-state index is 0.494. The fraction of sp³-hybridized carbons (Fsp3) is 0.500. The van der Waals surface area contributed by atoms with Gasteiger partial charge in [-0.25, -0.2) is 0 Å². The minimum Gasteiger partial charge on any atom is -0.342 e. The second kappa shape index (κ2) is 8.98. The summed E-state index contributed by atoms with van der Waals surface area (Å²) in [5.74, 6) is 5.36. The maximum atomic E-state index is 9.88. The van der Waals surface area contributed by atoms with Crippen LogP contribution in [0.25, 0.3) is 0 Å². The van der Waals surface area contributed by atoms with Gasteiger partial charge in [0.1, 0.15) is 6.29 Å². The summed E-state index contributed by atoms with van der Waals surface area (Å²) in [5.41, 5.74) is 0. The van der Waals surface area contributed by atoms with E-state index in [2.05, 4.69) is 11.8 Å². The molecule has 0 fully saturated rings. The highest BCUT2D eigenvalue weighted by molar-refractivity contribution is 5.65. The molecule has 0 saturated carbocycles. The predicted molar refractivity (Wildman–Crippen MR) is 50.0 cm³/mol. The summed E-state index contributed by atoms with van der Waals surface area (Å²) in [6.07, 6.45) is 2.96. The predicted octanol–water partition coefficient (Wildman–Crippen LogP) is 1.14. The minimum atomic E-state index is -0.494. The summed E-state index contributed by atoms with van der Waals surface area (Å²) >= 11 is 0. The topological polar surface area (TPSA) is 35.5 Å². The highest BCUT2D eigenvalue weighted by atomic mass is 16.7. The molecule has 0 bridgehead atoms. The molecule has 0 amide bonds. The molecule has 0 heterocycles. The zero-order chi connectivity index (χ0) is 9.94. The van der Waals surface area contributed by atoms with E-state index in [0.29, 0.717) is 19.5 Å². The molecular weight excluding hydrogens is 168 g/mol. The van der Waals surface area contributed by atoms with E-state index in [1.807, 2.05) is 13.8 Å². The van der Waals surface area contributed by atoms with Gasteiger partial charge in [0, 0.05) is 13.2 Å². The van der Waals surface area contributed by atoms with E-state index in [9.17, 15) is 4.79 Å². The highest BCUT2D eigenvalue weighted by Crippen LogP contribution is 1.92. The number of carbonyl (C=O) groups is 1. The molecule has 72 valence electrons. The number of rotatable bonds is 5. The quantitative estimate of drug-likeness (QED) is 0.277. The molecule has 0 rings (SSSR count). The number of aldehydes is 1. The van der Waals surface area contributed by atoms with Crippen LogP contribution < -0.4 is 0 Å². The van der Waals surface area contributed by atoms with Crippen molar-refractivity contribution in [1.29, 1.82) is 0 Å². The lowest BCUT2D eigenvalue weighted by molar-refractivity contribution is -0.104. The maximum Gasteiger partial charge on any atom is 0.222 e. The Balaban J connectivity index is 3.95. The van der Waals surface area contributed by atoms with Crippen LogP contribution in [0, 0.1) is 11.8 Å². The van der Waals surface area contributed by atoms with Gasteiger partial charge in [-0.2, -0.15) is 0 Å². The summed E-state index contributed by atoms with van der Waals surface area (Å²) in [7, 11) is 0. The number of carbonyl (C=O) groups excluding carboxylic acids is 1. The van der Waals surface area contributed by atoms with Crippen molar-refractivity contribution in [2.75, 3.05) is 13.2 Å². The molecule has 0 atom stereocenters. The summed E-state index contributed by atoms with van der Waals surface area (Å²) < 4.78 is 10.3. The molecule has 0 aromatic carbocycles. The first-order valence-electron chi connectivity index (χ1n) is 4.19. The first-order valence-corrected chi connectivity index (χ1v) is 4.19. The smallest absolute Gasteiger partial charge is 0.222 e. The summed E-state index contributed by atoms with van der Waals surface area (Å²) in [4.78, 5) is 9.88. The van der Waals surface area contributed by atoms with Crippen LogP contribution in [0.3, 0.4) is 0 Å². The van der Waals surface area contributed by atoms with E-state index < -0.39 is 6.29 Å². The third-order valence-electron chi connectivity index (χ3n) is 1.10. The lowest BCUT2D eigenvalue weighted by atomic mass is 10.5. The van der Waals surface area contributed by atoms with Crippen molar-refractivity contribution in [1.82, 2.24) is 0 Å². The van der Waals surface area contributed by atoms with Crippen molar-refractivity contribution in [3.05, 3.63) is 12.2 Å². The summed E-state index contributed by atoms with van der Waals surface area (Å²) in [6, 6.07) is 0. The monoisotopic (exact) mass is 182 g/mol. The van der Waals surface area contributed by atoms with Gasteiger partial charge in [0.25, 0.3) is 0 Å². The molecule has 0 aliphatic rings. The second-order valence-corrected chi connectivity index (χ2v) is 2.03. The van der Waals surface area contributed by atoms with Crippen LogP contribution in [0.2, 0.25) is 0 Å². The van der Waals surface area contributed by atoms with Gasteiger partial charge in [-0.15, -0.1) is 0 Å². The Morgan fingerprint density at radius 1 is 1.31 bits per heavy atom. The Bertz CT molecular complexity index is 204. The third kappa shape index (κ3) is 7.26. The van der Waals surface area contributed by atoms with Crippen LogP contribution in [0.1, 0.15) is 13.8 Å². The number of hydrogen-bond donors (Lipinski definition) is 0. The van der Waals surface area contributed by atoms with Crippen molar-refractivity contribution in [3.63, 3.8) is 0 Å². The van der Waals surface area contributed by atoms with Gasteiger partial charge in [0.15, 0.2) is 0 Å². The molecule has 0 saturated heterocycles. The first kappa shape index (κ1) is 11.9. The van der Waals surface area contributed by atoms with Gasteiger partial charge in [0.2, 0.25) is 6.29 Å². The Kier molecular flexibility index (Phi) is 8.21. The summed E-state index contributed by atoms with van der Waals surface area (Å²) in [5, 5.41) is 0. The lowest BCUT2D eigenvalue weighted by Gasteiger charge is -2.09. The normalized spacial score (nSPS) is 10.1. The van der Waals surface area contributed by atoms with Crippen molar-refractivity contribution in [2.45, 2.75) is 20.1 Å². The van der Waals surface area contributed by atoms with Crippen LogP contribution in [0.15, 0.2) is 12.2 Å². The van der Waals surface area contributed by atoms with Crippen LogP contribution in [-0.4, -0.2) is 25.8 Å². The van der Waals surface area contributed by atoms with Gasteiger partial charge in [0.05, 0.1) is 0 Å². The molecule has 13 heavy (non-hydrogen) atoms. The fourth-order valence-corrected chi connectivity index (χ4v) is 0.638. The van der Waals surface area contributed by atoms with Gasteiger partial charge in [-0.3, -0.25) is 4.79 Å².